The summed E-state index contributed by atoms with van der Waals surface area (Å²) in [6, 6.07) is 4.35. The van der Waals surface area contributed by atoms with Crippen LogP contribution in [0, 0.1) is 5.82 Å². The van der Waals surface area contributed by atoms with E-state index in [1.54, 1.807) is 6.07 Å². The third kappa shape index (κ3) is 1.33. The number of halogens is 2. The molecule has 5 heteroatoms. The Balaban J connectivity index is 2.68. The van der Waals surface area contributed by atoms with Crippen LogP contribution in [0.25, 0.3) is 11.3 Å². The zero-order chi connectivity index (χ0) is 10.1. The SMILES string of the molecule is Nc1cnoc1-c1c(F)cccc1Cl. The van der Waals surface area contributed by atoms with Crippen LogP contribution in [-0.4, -0.2) is 5.16 Å². The molecule has 0 saturated carbocycles. The molecular formula is C9H6ClFN2O. The van der Waals surface area contributed by atoms with Crippen LogP contribution in [0.2, 0.25) is 5.02 Å². The number of benzene rings is 1. The van der Waals surface area contributed by atoms with E-state index < -0.39 is 5.82 Å². The van der Waals surface area contributed by atoms with Crippen LogP contribution in [0.15, 0.2) is 28.9 Å². The van der Waals surface area contributed by atoms with Gasteiger partial charge in [-0.1, -0.05) is 22.8 Å². The monoisotopic (exact) mass is 212 g/mol. The smallest absolute Gasteiger partial charge is 0.194 e. The molecule has 0 radical (unpaired) electrons. The highest BCUT2D eigenvalue weighted by molar-refractivity contribution is 6.33. The van der Waals surface area contributed by atoms with Gasteiger partial charge in [0.1, 0.15) is 11.5 Å². The molecule has 1 aromatic carbocycles. The van der Waals surface area contributed by atoms with E-state index in [0.29, 0.717) is 0 Å². The van der Waals surface area contributed by atoms with Gasteiger partial charge in [0.05, 0.1) is 16.8 Å². The summed E-state index contributed by atoms with van der Waals surface area (Å²) in [7, 11) is 0. The predicted octanol–water partition coefficient (Wildman–Crippen LogP) is 2.72. The quantitative estimate of drug-likeness (QED) is 0.791. The van der Waals surface area contributed by atoms with E-state index in [2.05, 4.69) is 5.16 Å². The number of nitrogens with two attached hydrogens (primary N) is 1. The van der Waals surface area contributed by atoms with Crippen LogP contribution in [0.5, 0.6) is 0 Å². The number of rotatable bonds is 1. The van der Waals surface area contributed by atoms with Gasteiger partial charge in [-0.25, -0.2) is 4.39 Å². The topological polar surface area (TPSA) is 52.0 Å². The molecule has 0 spiro atoms. The molecule has 0 aliphatic carbocycles. The van der Waals surface area contributed by atoms with Crippen molar-refractivity contribution >= 4 is 17.3 Å². The highest BCUT2D eigenvalue weighted by Gasteiger charge is 2.16. The van der Waals surface area contributed by atoms with Crippen LogP contribution in [0.3, 0.4) is 0 Å². The Bertz CT molecular complexity index is 449. The highest BCUT2D eigenvalue weighted by atomic mass is 35.5. The van der Waals surface area contributed by atoms with Crippen molar-refractivity contribution in [2.24, 2.45) is 0 Å². The molecule has 72 valence electrons. The molecular weight excluding hydrogens is 207 g/mol. The van der Waals surface area contributed by atoms with Gasteiger partial charge in [-0.2, -0.15) is 0 Å². The molecule has 0 unspecified atom stereocenters. The van der Waals surface area contributed by atoms with Crippen LogP contribution in [-0.2, 0) is 0 Å². The molecule has 2 rings (SSSR count). The number of nitrogen functional groups attached to an aromatic ring is 1. The summed E-state index contributed by atoms with van der Waals surface area (Å²) in [4.78, 5) is 0. The summed E-state index contributed by atoms with van der Waals surface area (Å²) in [5.74, 6) is -0.325. The van der Waals surface area contributed by atoms with Crippen LogP contribution < -0.4 is 5.73 Å². The minimum atomic E-state index is -0.485. The van der Waals surface area contributed by atoms with E-state index in [4.69, 9.17) is 21.9 Å². The van der Waals surface area contributed by atoms with Crippen molar-refractivity contribution in [3.8, 4) is 11.3 Å². The maximum atomic E-state index is 13.4. The standard InChI is InChI=1S/C9H6ClFN2O/c10-5-2-1-3-6(11)8(5)9-7(12)4-13-14-9/h1-4H,12H2. The average Bonchev–Trinajstić information content (AvgIpc) is 2.52. The summed E-state index contributed by atoms with van der Waals surface area (Å²) < 4.78 is 18.2. The first-order valence-corrected chi connectivity index (χ1v) is 4.22. The Kier molecular flexibility index (Phi) is 2.13. The molecule has 0 atom stereocenters. The molecule has 1 heterocycles. The Labute approximate surface area is 84.3 Å². The summed E-state index contributed by atoms with van der Waals surface area (Å²) in [5.41, 5.74) is 5.93. The molecule has 0 aliphatic heterocycles. The van der Waals surface area contributed by atoms with E-state index in [1.165, 1.54) is 18.3 Å². The average molecular weight is 213 g/mol. The molecule has 0 fully saturated rings. The lowest BCUT2D eigenvalue weighted by Crippen LogP contribution is -1.89. The third-order valence-electron chi connectivity index (χ3n) is 1.79. The first-order valence-electron chi connectivity index (χ1n) is 3.84. The van der Waals surface area contributed by atoms with Crippen LogP contribution in [0.4, 0.5) is 10.1 Å². The molecule has 0 amide bonds. The number of hydrogen-bond donors (Lipinski definition) is 1. The van der Waals surface area contributed by atoms with E-state index >= 15 is 0 Å². The summed E-state index contributed by atoms with van der Waals surface area (Å²) in [6.07, 6.45) is 1.30. The second-order valence-corrected chi connectivity index (χ2v) is 3.11. The maximum absolute atomic E-state index is 13.4. The number of nitrogens with zero attached hydrogens (tertiary/aromatic N) is 1. The largest absolute Gasteiger partial charge is 0.394 e. The normalized spacial score (nSPS) is 10.4. The number of hydrogen-bond acceptors (Lipinski definition) is 3. The lowest BCUT2D eigenvalue weighted by atomic mass is 10.1. The minimum absolute atomic E-state index is 0.143. The molecule has 2 aromatic rings. The second kappa shape index (κ2) is 3.31. The molecule has 1 aromatic heterocycles. The van der Waals surface area contributed by atoms with Gasteiger partial charge in [-0.15, -0.1) is 0 Å². The first-order chi connectivity index (χ1) is 6.70. The van der Waals surface area contributed by atoms with E-state index in [-0.39, 0.29) is 22.0 Å². The Hall–Kier alpha value is -1.55. The van der Waals surface area contributed by atoms with E-state index in [1.807, 2.05) is 0 Å². The van der Waals surface area contributed by atoms with Crippen molar-refractivity contribution in [3.05, 3.63) is 35.2 Å². The van der Waals surface area contributed by atoms with Crippen molar-refractivity contribution in [2.75, 3.05) is 5.73 Å². The lowest BCUT2D eigenvalue weighted by molar-refractivity contribution is 0.430. The van der Waals surface area contributed by atoms with Gasteiger partial charge >= 0.3 is 0 Å². The van der Waals surface area contributed by atoms with Gasteiger partial charge in [0.25, 0.3) is 0 Å². The molecule has 0 aliphatic rings. The fourth-order valence-corrected chi connectivity index (χ4v) is 1.40. The highest BCUT2D eigenvalue weighted by Crippen LogP contribution is 2.33. The van der Waals surface area contributed by atoms with Crippen LogP contribution >= 0.6 is 11.6 Å². The van der Waals surface area contributed by atoms with Gasteiger partial charge in [0.15, 0.2) is 5.76 Å². The molecule has 14 heavy (non-hydrogen) atoms. The van der Waals surface area contributed by atoms with Gasteiger partial charge in [0.2, 0.25) is 0 Å². The Morgan fingerprint density at radius 1 is 1.43 bits per heavy atom. The number of aromatic nitrogens is 1. The second-order valence-electron chi connectivity index (χ2n) is 2.71. The zero-order valence-electron chi connectivity index (χ0n) is 7.00. The van der Waals surface area contributed by atoms with Crippen molar-refractivity contribution in [3.63, 3.8) is 0 Å². The van der Waals surface area contributed by atoms with Crippen molar-refractivity contribution in [1.82, 2.24) is 5.16 Å². The van der Waals surface area contributed by atoms with Gasteiger partial charge < -0.3 is 10.3 Å². The lowest BCUT2D eigenvalue weighted by Gasteiger charge is -2.01. The van der Waals surface area contributed by atoms with Crippen molar-refractivity contribution < 1.29 is 8.91 Å². The Morgan fingerprint density at radius 2 is 2.21 bits per heavy atom. The van der Waals surface area contributed by atoms with E-state index in [9.17, 15) is 4.39 Å². The fourth-order valence-electron chi connectivity index (χ4n) is 1.15. The third-order valence-corrected chi connectivity index (χ3v) is 2.10. The Morgan fingerprint density at radius 3 is 2.79 bits per heavy atom. The predicted molar refractivity (Wildman–Crippen MR) is 51.3 cm³/mol. The molecule has 0 saturated heterocycles. The summed E-state index contributed by atoms with van der Waals surface area (Å²) in [6.45, 7) is 0. The van der Waals surface area contributed by atoms with Crippen molar-refractivity contribution in [1.29, 1.82) is 0 Å². The van der Waals surface area contributed by atoms with Gasteiger partial charge in [-0.05, 0) is 12.1 Å². The molecule has 0 bridgehead atoms. The van der Waals surface area contributed by atoms with E-state index in [0.717, 1.165) is 0 Å². The van der Waals surface area contributed by atoms with Gasteiger partial charge in [0, 0.05) is 0 Å². The van der Waals surface area contributed by atoms with Gasteiger partial charge in [-0.3, -0.25) is 0 Å². The zero-order valence-corrected chi connectivity index (χ0v) is 7.75. The van der Waals surface area contributed by atoms with Crippen LogP contribution in [0.1, 0.15) is 0 Å². The molecule has 2 N–H and O–H groups in total. The summed E-state index contributed by atoms with van der Waals surface area (Å²) >= 11 is 5.81. The fraction of sp³-hybridized carbons (Fsp3) is 0. The maximum Gasteiger partial charge on any atom is 0.194 e. The minimum Gasteiger partial charge on any atom is -0.394 e. The summed E-state index contributed by atoms with van der Waals surface area (Å²) in [5, 5.41) is 3.70. The molecule has 3 nitrogen and oxygen atoms in total. The number of anilines is 1. The first kappa shape index (κ1) is 9.02. The van der Waals surface area contributed by atoms with Crippen molar-refractivity contribution in [2.45, 2.75) is 0 Å².